The molecule has 1 saturated heterocycles. The molecule has 0 amide bonds. The van der Waals surface area contributed by atoms with E-state index in [1.807, 2.05) is 0 Å². The molecule has 3 N–H and O–H groups in total. The summed E-state index contributed by atoms with van der Waals surface area (Å²) < 4.78 is 38.3. The Morgan fingerprint density at radius 1 is 1.21 bits per heavy atom. The molecule has 1 heterocycles. The number of hydrogen-bond acceptors (Lipinski definition) is 3. The van der Waals surface area contributed by atoms with Crippen molar-refractivity contribution in [2.24, 2.45) is 0 Å². The maximum Gasteiger partial charge on any atom is 0.416 e. The molecule has 0 unspecified atom stereocenters. The first-order chi connectivity index (χ1) is 10.8. The lowest BCUT2D eigenvalue weighted by molar-refractivity contribution is -0.787. The fourth-order valence-corrected chi connectivity index (χ4v) is 3.82. The van der Waals surface area contributed by atoms with Crippen LogP contribution < -0.4 is 10.6 Å². The average Bonchev–Trinajstić information content (AvgIpc) is 2.33. The fourth-order valence-electron chi connectivity index (χ4n) is 3.82. The van der Waals surface area contributed by atoms with Gasteiger partial charge < -0.3 is 10.6 Å². The number of hydrogen-bond donors (Lipinski definition) is 2. The van der Waals surface area contributed by atoms with E-state index in [0.717, 1.165) is 25.0 Å². The van der Waals surface area contributed by atoms with E-state index in [-0.39, 0.29) is 22.8 Å². The van der Waals surface area contributed by atoms with Crippen LogP contribution in [0.1, 0.15) is 46.1 Å². The maximum atomic E-state index is 12.8. The molecule has 1 aromatic rings. The zero-order valence-electron chi connectivity index (χ0n) is 14.2. The molecule has 1 aliphatic rings. The van der Waals surface area contributed by atoms with Gasteiger partial charge in [0.15, 0.2) is 0 Å². The first-order valence-electron chi connectivity index (χ1n) is 7.78. The monoisotopic (exact) mass is 346 g/mol. The van der Waals surface area contributed by atoms with Crippen LogP contribution in [0.25, 0.3) is 0 Å². The highest BCUT2D eigenvalue weighted by atomic mass is 19.4. The van der Waals surface area contributed by atoms with Crippen LogP contribution in [0.15, 0.2) is 18.2 Å². The smallest absolute Gasteiger partial charge is 0.376 e. The standard InChI is InChI=1S/C16H22F3N3O2/c1-14(2)8-11(9-15(3,4)21-14)20-12-6-5-10(16(17,18)19)7-13(12)22(23)24/h5-7,11,20-21H,8-9H2,1-4H3/p+1. The molecule has 24 heavy (non-hydrogen) atoms. The molecule has 1 aromatic carbocycles. The highest BCUT2D eigenvalue weighted by molar-refractivity contribution is 5.63. The molecule has 0 atom stereocenters. The number of benzene rings is 1. The molecule has 2 rings (SSSR count). The molecule has 0 aromatic heterocycles. The van der Waals surface area contributed by atoms with Gasteiger partial charge in [-0.05, 0) is 39.8 Å². The van der Waals surface area contributed by atoms with Gasteiger partial charge in [-0.2, -0.15) is 13.2 Å². The average molecular weight is 346 g/mol. The van der Waals surface area contributed by atoms with E-state index in [0.29, 0.717) is 6.07 Å². The summed E-state index contributed by atoms with van der Waals surface area (Å²) in [5.74, 6) is 0. The Balaban J connectivity index is 2.31. The molecule has 0 aliphatic carbocycles. The number of nitrogens with one attached hydrogen (secondary N) is 1. The number of quaternary nitrogens is 1. The number of nitro benzene ring substituents is 1. The number of anilines is 1. The Hall–Kier alpha value is -1.83. The molecule has 8 heteroatoms. The largest absolute Gasteiger partial charge is 0.416 e. The predicted molar refractivity (Wildman–Crippen MR) is 84.8 cm³/mol. The van der Waals surface area contributed by atoms with Crippen LogP contribution in [0.3, 0.4) is 0 Å². The van der Waals surface area contributed by atoms with E-state index >= 15 is 0 Å². The Bertz CT molecular complexity index is 626. The van der Waals surface area contributed by atoms with Crippen molar-refractivity contribution in [3.63, 3.8) is 0 Å². The van der Waals surface area contributed by atoms with Gasteiger partial charge in [0.1, 0.15) is 5.69 Å². The lowest BCUT2D eigenvalue weighted by Crippen LogP contribution is -3.06. The van der Waals surface area contributed by atoms with Gasteiger partial charge in [-0.3, -0.25) is 10.1 Å². The summed E-state index contributed by atoms with van der Waals surface area (Å²) >= 11 is 0. The van der Waals surface area contributed by atoms with Gasteiger partial charge in [0.2, 0.25) is 0 Å². The van der Waals surface area contributed by atoms with Crippen LogP contribution in [0.4, 0.5) is 24.5 Å². The van der Waals surface area contributed by atoms with Crippen molar-refractivity contribution >= 4 is 11.4 Å². The van der Waals surface area contributed by atoms with Crippen molar-refractivity contribution in [3.05, 3.63) is 33.9 Å². The third-order valence-corrected chi connectivity index (χ3v) is 4.21. The van der Waals surface area contributed by atoms with Crippen molar-refractivity contribution in [1.82, 2.24) is 0 Å². The summed E-state index contributed by atoms with van der Waals surface area (Å²) in [6.45, 7) is 8.35. The highest BCUT2D eigenvalue weighted by Gasteiger charge is 2.42. The second kappa shape index (κ2) is 5.91. The topological polar surface area (TPSA) is 71.8 Å². The van der Waals surface area contributed by atoms with Gasteiger partial charge in [-0.15, -0.1) is 0 Å². The number of rotatable bonds is 3. The number of piperidine rings is 1. The number of alkyl halides is 3. The van der Waals surface area contributed by atoms with Crippen molar-refractivity contribution in [3.8, 4) is 0 Å². The number of nitrogens with two attached hydrogens (primary N) is 1. The van der Waals surface area contributed by atoms with E-state index in [4.69, 9.17) is 0 Å². The molecule has 0 bridgehead atoms. The summed E-state index contributed by atoms with van der Waals surface area (Å²) in [5, 5.41) is 16.5. The second-order valence-corrected chi connectivity index (χ2v) is 7.86. The molecule has 5 nitrogen and oxygen atoms in total. The van der Waals surface area contributed by atoms with Crippen molar-refractivity contribution in [2.75, 3.05) is 5.32 Å². The summed E-state index contributed by atoms with van der Waals surface area (Å²) in [6.07, 6.45) is -3.09. The number of nitrogens with zero attached hydrogens (tertiary/aromatic N) is 1. The van der Waals surface area contributed by atoms with Crippen LogP contribution >= 0.6 is 0 Å². The predicted octanol–water partition coefficient (Wildman–Crippen LogP) is 3.31. The van der Waals surface area contributed by atoms with Crippen LogP contribution in [-0.2, 0) is 6.18 Å². The zero-order chi connectivity index (χ0) is 18.3. The molecule has 0 saturated carbocycles. The highest BCUT2D eigenvalue weighted by Crippen LogP contribution is 2.36. The van der Waals surface area contributed by atoms with Gasteiger partial charge in [-0.1, -0.05) is 0 Å². The third-order valence-electron chi connectivity index (χ3n) is 4.21. The van der Waals surface area contributed by atoms with Crippen LogP contribution in [0.2, 0.25) is 0 Å². The quantitative estimate of drug-likeness (QED) is 0.651. The fraction of sp³-hybridized carbons (Fsp3) is 0.625. The number of halogens is 3. The molecule has 0 radical (unpaired) electrons. The van der Waals surface area contributed by atoms with E-state index in [9.17, 15) is 23.3 Å². The molecule has 134 valence electrons. The Labute approximate surface area is 138 Å². The van der Waals surface area contributed by atoms with E-state index in [1.165, 1.54) is 0 Å². The summed E-state index contributed by atoms with van der Waals surface area (Å²) in [4.78, 5) is 10.4. The molecular formula is C16H23F3N3O2+. The van der Waals surface area contributed by atoms with Crippen LogP contribution in [0, 0.1) is 10.1 Å². The second-order valence-electron chi connectivity index (χ2n) is 7.86. The van der Waals surface area contributed by atoms with Crippen LogP contribution in [-0.4, -0.2) is 22.0 Å². The Kier molecular flexibility index (Phi) is 4.56. The van der Waals surface area contributed by atoms with Gasteiger partial charge in [0.05, 0.1) is 21.6 Å². The zero-order valence-corrected chi connectivity index (χ0v) is 14.2. The van der Waals surface area contributed by atoms with Crippen LogP contribution in [0.5, 0.6) is 0 Å². The lowest BCUT2D eigenvalue weighted by atomic mass is 9.79. The van der Waals surface area contributed by atoms with Crippen molar-refractivity contribution < 1.29 is 23.4 Å². The minimum Gasteiger partial charge on any atom is -0.376 e. The van der Waals surface area contributed by atoms with Crippen molar-refractivity contribution in [1.29, 1.82) is 0 Å². The van der Waals surface area contributed by atoms with Crippen molar-refractivity contribution in [2.45, 2.75) is 63.8 Å². The molecular weight excluding hydrogens is 323 g/mol. The third kappa shape index (κ3) is 4.37. The van der Waals surface area contributed by atoms with Gasteiger partial charge >= 0.3 is 6.18 Å². The normalized spacial score (nSPS) is 20.6. The number of nitro groups is 1. The molecule has 1 aliphatic heterocycles. The van der Waals surface area contributed by atoms with Gasteiger partial charge in [0.25, 0.3) is 5.69 Å². The SMILES string of the molecule is CC1(C)CC(Nc2ccc(C(F)(F)F)cc2[N+](=O)[O-])CC(C)(C)[NH2+]1. The summed E-state index contributed by atoms with van der Waals surface area (Å²) in [6, 6.07) is 2.57. The minimum absolute atomic E-state index is 0.0459. The van der Waals surface area contributed by atoms with E-state index in [1.54, 1.807) is 0 Å². The van der Waals surface area contributed by atoms with Gasteiger partial charge in [0, 0.05) is 24.9 Å². The lowest BCUT2D eigenvalue weighted by Gasteiger charge is -2.43. The molecule has 1 fully saturated rings. The van der Waals surface area contributed by atoms with E-state index < -0.39 is 22.4 Å². The maximum absolute atomic E-state index is 12.8. The Morgan fingerprint density at radius 2 is 1.75 bits per heavy atom. The Morgan fingerprint density at radius 3 is 2.21 bits per heavy atom. The first kappa shape index (κ1) is 18.5. The minimum atomic E-state index is -4.60. The first-order valence-corrected chi connectivity index (χ1v) is 7.78. The summed E-state index contributed by atoms with van der Waals surface area (Å²) in [7, 11) is 0. The van der Waals surface area contributed by atoms with Gasteiger partial charge in [-0.25, -0.2) is 0 Å². The molecule has 0 spiro atoms. The summed E-state index contributed by atoms with van der Waals surface area (Å²) in [5.41, 5.74) is -1.54. The van der Waals surface area contributed by atoms with E-state index in [2.05, 4.69) is 38.3 Å².